The Balaban J connectivity index is 1.74. The summed E-state index contributed by atoms with van der Waals surface area (Å²) in [5.41, 5.74) is 2.41. The number of amides is 1. The average Bonchev–Trinajstić information content (AvgIpc) is 3.12. The molecule has 1 aliphatic carbocycles. The lowest BCUT2D eigenvalue weighted by atomic mass is 9.83. The second-order valence-electron chi connectivity index (χ2n) is 7.10. The Kier molecular flexibility index (Phi) is 5.80. The van der Waals surface area contributed by atoms with Crippen LogP contribution in [0.5, 0.6) is 0 Å². The van der Waals surface area contributed by atoms with Crippen molar-refractivity contribution >= 4 is 17.7 Å². The lowest BCUT2D eigenvalue weighted by Gasteiger charge is -2.32. The molecule has 1 saturated carbocycles. The Labute approximate surface area is 163 Å². The zero-order valence-electron chi connectivity index (χ0n) is 15.9. The van der Waals surface area contributed by atoms with E-state index < -0.39 is 10.8 Å². The molecule has 142 valence electrons. The highest BCUT2D eigenvalue weighted by Gasteiger charge is 2.35. The molecule has 1 amide bonds. The van der Waals surface area contributed by atoms with Crippen LogP contribution in [-0.4, -0.2) is 36.9 Å². The SMILES string of the molecule is Cc1cccc(-n2nnnc2S[C@@H](C)C(=O)NC2(C#N)CCCCC2)c1C. The number of nitrogens with one attached hydrogen (secondary N) is 1. The molecule has 1 aromatic carbocycles. The fraction of sp³-hybridized carbons (Fsp3) is 0.526. The molecule has 3 rings (SSSR count). The van der Waals surface area contributed by atoms with Crippen LogP contribution in [0.25, 0.3) is 5.69 Å². The molecule has 0 spiro atoms. The number of hydrogen-bond donors (Lipinski definition) is 1. The van der Waals surface area contributed by atoms with Crippen molar-refractivity contribution in [3.8, 4) is 11.8 Å². The molecule has 0 bridgehead atoms. The second-order valence-corrected chi connectivity index (χ2v) is 8.40. The third kappa shape index (κ3) is 4.14. The fourth-order valence-corrected chi connectivity index (χ4v) is 4.14. The quantitative estimate of drug-likeness (QED) is 0.796. The molecule has 1 atom stereocenters. The van der Waals surface area contributed by atoms with Crippen LogP contribution in [0.3, 0.4) is 0 Å². The van der Waals surface area contributed by atoms with Gasteiger partial charge in [-0.1, -0.05) is 43.2 Å². The molecule has 1 N–H and O–H groups in total. The van der Waals surface area contributed by atoms with Gasteiger partial charge in [0.15, 0.2) is 0 Å². The standard InChI is InChI=1S/C19H24N6OS/c1-13-8-7-9-16(14(13)2)25-18(22-23-24-25)27-15(3)17(26)21-19(12-20)10-5-4-6-11-19/h7-9,15H,4-6,10-11H2,1-3H3,(H,21,26)/t15-/m0/s1. The minimum Gasteiger partial charge on any atom is -0.337 e. The maximum absolute atomic E-state index is 12.7. The number of aromatic nitrogens is 4. The summed E-state index contributed by atoms with van der Waals surface area (Å²) in [4.78, 5) is 12.7. The van der Waals surface area contributed by atoms with E-state index in [1.807, 2.05) is 39.0 Å². The summed E-state index contributed by atoms with van der Waals surface area (Å²) in [6.45, 7) is 5.88. The highest BCUT2D eigenvalue weighted by molar-refractivity contribution is 8.00. The van der Waals surface area contributed by atoms with Crippen LogP contribution in [0.4, 0.5) is 0 Å². The van der Waals surface area contributed by atoms with E-state index in [1.54, 1.807) is 4.68 Å². The third-order valence-electron chi connectivity index (χ3n) is 5.18. The smallest absolute Gasteiger partial charge is 0.234 e. The Morgan fingerprint density at radius 2 is 2.07 bits per heavy atom. The van der Waals surface area contributed by atoms with Crippen molar-refractivity contribution in [2.24, 2.45) is 0 Å². The average molecular weight is 385 g/mol. The molecule has 27 heavy (non-hydrogen) atoms. The monoisotopic (exact) mass is 384 g/mol. The predicted molar refractivity (Wildman–Crippen MR) is 104 cm³/mol. The van der Waals surface area contributed by atoms with Gasteiger partial charge in [0.1, 0.15) is 5.54 Å². The zero-order valence-corrected chi connectivity index (χ0v) is 16.7. The Morgan fingerprint density at radius 1 is 1.33 bits per heavy atom. The van der Waals surface area contributed by atoms with E-state index in [-0.39, 0.29) is 5.91 Å². The van der Waals surface area contributed by atoms with Gasteiger partial charge < -0.3 is 5.32 Å². The van der Waals surface area contributed by atoms with Crippen LogP contribution in [0.2, 0.25) is 0 Å². The second kappa shape index (κ2) is 8.09. The minimum atomic E-state index is -0.733. The van der Waals surface area contributed by atoms with Gasteiger partial charge >= 0.3 is 0 Å². The van der Waals surface area contributed by atoms with Crippen molar-refractivity contribution in [1.82, 2.24) is 25.5 Å². The van der Waals surface area contributed by atoms with E-state index >= 15 is 0 Å². The first-order valence-electron chi connectivity index (χ1n) is 9.21. The molecule has 2 aromatic rings. The van der Waals surface area contributed by atoms with Crippen LogP contribution in [0.1, 0.15) is 50.2 Å². The first kappa shape index (κ1) is 19.4. The topological polar surface area (TPSA) is 96.5 Å². The molecular weight excluding hydrogens is 360 g/mol. The fourth-order valence-electron chi connectivity index (χ4n) is 3.34. The number of benzene rings is 1. The van der Waals surface area contributed by atoms with Gasteiger partial charge in [0.05, 0.1) is 17.0 Å². The summed E-state index contributed by atoms with van der Waals surface area (Å²) in [5, 5.41) is 24.7. The maximum Gasteiger partial charge on any atom is 0.234 e. The van der Waals surface area contributed by atoms with Crippen LogP contribution in [-0.2, 0) is 4.79 Å². The van der Waals surface area contributed by atoms with E-state index in [1.165, 1.54) is 11.8 Å². The molecule has 1 aliphatic rings. The summed E-state index contributed by atoms with van der Waals surface area (Å²) >= 11 is 1.30. The third-order valence-corrected chi connectivity index (χ3v) is 6.21. The summed E-state index contributed by atoms with van der Waals surface area (Å²) in [6, 6.07) is 8.29. The minimum absolute atomic E-state index is 0.154. The molecule has 1 heterocycles. The molecule has 0 aliphatic heterocycles. The molecule has 8 heteroatoms. The van der Waals surface area contributed by atoms with Gasteiger partial charge in [0.2, 0.25) is 11.1 Å². The molecule has 0 unspecified atom stereocenters. The maximum atomic E-state index is 12.7. The van der Waals surface area contributed by atoms with Gasteiger partial charge in [-0.2, -0.15) is 9.94 Å². The van der Waals surface area contributed by atoms with Crippen LogP contribution < -0.4 is 5.32 Å². The Bertz CT molecular complexity index is 865. The van der Waals surface area contributed by atoms with E-state index in [4.69, 9.17) is 0 Å². The molecular formula is C19H24N6OS. The number of rotatable bonds is 5. The van der Waals surface area contributed by atoms with Gasteiger partial charge in [-0.3, -0.25) is 4.79 Å². The molecule has 0 radical (unpaired) electrons. The van der Waals surface area contributed by atoms with E-state index in [0.29, 0.717) is 18.0 Å². The van der Waals surface area contributed by atoms with Gasteiger partial charge in [-0.25, -0.2) is 0 Å². The lowest BCUT2D eigenvalue weighted by Crippen LogP contribution is -2.51. The number of nitrogens with zero attached hydrogens (tertiary/aromatic N) is 5. The normalized spacial score (nSPS) is 17.1. The van der Waals surface area contributed by atoms with Crippen molar-refractivity contribution in [3.05, 3.63) is 29.3 Å². The van der Waals surface area contributed by atoms with Crippen LogP contribution in [0.15, 0.2) is 23.4 Å². The highest BCUT2D eigenvalue weighted by Crippen LogP contribution is 2.29. The summed E-state index contributed by atoms with van der Waals surface area (Å²) < 4.78 is 1.66. The van der Waals surface area contributed by atoms with Crippen molar-refractivity contribution in [2.75, 3.05) is 0 Å². The molecule has 7 nitrogen and oxygen atoms in total. The lowest BCUT2D eigenvalue weighted by molar-refractivity contribution is -0.121. The van der Waals surface area contributed by atoms with Gasteiger partial charge in [0.25, 0.3) is 0 Å². The van der Waals surface area contributed by atoms with Gasteiger partial charge in [0, 0.05) is 0 Å². The summed E-state index contributed by atoms with van der Waals surface area (Å²) in [6.07, 6.45) is 4.49. The summed E-state index contributed by atoms with van der Waals surface area (Å²) in [7, 11) is 0. The first-order chi connectivity index (χ1) is 13.0. The van der Waals surface area contributed by atoms with Crippen molar-refractivity contribution in [3.63, 3.8) is 0 Å². The number of thioether (sulfide) groups is 1. The largest absolute Gasteiger partial charge is 0.337 e. The number of tetrazole rings is 1. The molecule has 0 saturated heterocycles. The van der Waals surface area contributed by atoms with E-state index in [9.17, 15) is 10.1 Å². The van der Waals surface area contributed by atoms with Gasteiger partial charge in [-0.05, 0) is 61.2 Å². The van der Waals surface area contributed by atoms with Crippen molar-refractivity contribution in [2.45, 2.75) is 68.8 Å². The number of carbonyl (C=O) groups excluding carboxylic acids is 1. The number of hydrogen-bond acceptors (Lipinski definition) is 6. The number of nitriles is 1. The molecule has 1 aromatic heterocycles. The van der Waals surface area contributed by atoms with E-state index in [0.717, 1.165) is 36.1 Å². The van der Waals surface area contributed by atoms with Crippen molar-refractivity contribution in [1.29, 1.82) is 5.26 Å². The summed E-state index contributed by atoms with van der Waals surface area (Å²) in [5.74, 6) is -0.154. The zero-order chi connectivity index (χ0) is 19.4. The number of aryl methyl sites for hydroxylation is 1. The number of carbonyl (C=O) groups is 1. The Morgan fingerprint density at radius 3 is 2.78 bits per heavy atom. The highest BCUT2D eigenvalue weighted by atomic mass is 32.2. The van der Waals surface area contributed by atoms with Crippen LogP contribution in [0, 0.1) is 25.2 Å². The Hall–Kier alpha value is -2.40. The first-order valence-corrected chi connectivity index (χ1v) is 10.1. The molecule has 1 fully saturated rings. The van der Waals surface area contributed by atoms with Crippen molar-refractivity contribution < 1.29 is 4.79 Å². The van der Waals surface area contributed by atoms with Crippen LogP contribution >= 0.6 is 11.8 Å². The van der Waals surface area contributed by atoms with E-state index in [2.05, 4.69) is 26.9 Å². The predicted octanol–water partition coefficient (Wildman–Crippen LogP) is 3.10. The van der Waals surface area contributed by atoms with Gasteiger partial charge in [-0.15, -0.1) is 5.10 Å².